The Kier molecular flexibility index (Phi) is 8.27. The van der Waals surface area contributed by atoms with Crippen LogP contribution in [0, 0.1) is 5.82 Å². The van der Waals surface area contributed by atoms with Crippen LogP contribution in [0.15, 0.2) is 47.3 Å². The molecule has 1 aliphatic rings. The van der Waals surface area contributed by atoms with Crippen LogP contribution in [0.25, 0.3) is 0 Å². The molecule has 2 atom stereocenters. The number of halogens is 7. The van der Waals surface area contributed by atoms with Gasteiger partial charge in [0, 0.05) is 6.54 Å². The van der Waals surface area contributed by atoms with Crippen LogP contribution in [0.1, 0.15) is 34.1 Å². The highest BCUT2D eigenvalue weighted by Crippen LogP contribution is 2.38. The standard InChI is InChI=1S/C22H20F7N4O6P/c23-16-3-1-13(2-4-16)18-19(38-6-5-32(18)10-17-30-20(34)33(31-17)40(35,36)37)39-11-12-7-14(21(24,25)26)9-15(8-12)22(27,28)29/h1-4,7-9,18-19H,5-6,10-11H2,(H,30,31,34)(H2,35,36,37)/t18-,19?/m0/s1. The largest absolute Gasteiger partial charge is 0.454 e. The van der Waals surface area contributed by atoms with Gasteiger partial charge in [-0.3, -0.25) is 9.88 Å². The summed E-state index contributed by atoms with van der Waals surface area (Å²) in [6.07, 6.45) is -11.4. The van der Waals surface area contributed by atoms with Gasteiger partial charge in [0.05, 0.1) is 36.9 Å². The Hall–Kier alpha value is -3.08. The Morgan fingerprint density at radius 1 is 1.05 bits per heavy atom. The van der Waals surface area contributed by atoms with Crippen molar-refractivity contribution in [1.82, 2.24) is 19.4 Å². The van der Waals surface area contributed by atoms with Gasteiger partial charge in [-0.1, -0.05) is 12.1 Å². The van der Waals surface area contributed by atoms with Crippen molar-refractivity contribution < 1.29 is 54.6 Å². The normalized spacial score (nSPS) is 19.2. The van der Waals surface area contributed by atoms with Crippen LogP contribution in [0.3, 0.4) is 0 Å². The maximum absolute atomic E-state index is 13.6. The summed E-state index contributed by atoms with van der Waals surface area (Å²) in [6.45, 7) is -0.904. The van der Waals surface area contributed by atoms with E-state index in [0.29, 0.717) is 17.7 Å². The van der Waals surface area contributed by atoms with Crippen molar-refractivity contribution in [1.29, 1.82) is 0 Å². The van der Waals surface area contributed by atoms with Crippen LogP contribution in [0.4, 0.5) is 30.7 Å². The fourth-order valence-electron chi connectivity index (χ4n) is 4.11. The zero-order valence-corrected chi connectivity index (χ0v) is 20.9. The zero-order valence-electron chi connectivity index (χ0n) is 20.0. The van der Waals surface area contributed by atoms with E-state index in [1.54, 1.807) is 4.90 Å². The maximum atomic E-state index is 13.6. The topological polar surface area (TPSA) is 130 Å². The molecule has 1 fully saturated rings. The van der Waals surface area contributed by atoms with Crippen LogP contribution in [-0.2, 0) is 39.5 Å². The van der Waals surface area contributed by atoms with Crippen molar-refractivity contribution in [3.05, 3.63) is 86.8 Å². The molecule has 3 aromatic rings. The van der Waals surface area contributed by atoms with Gasteiger partial charge in [0.2, 0.25) is 0 Å². The van der Waals surface area contributed by atoms with E-state index >= 15 is 0 Å². The number of nitrogens with one attached hydrogen (secondary N) is 1. The van der Waals surface area contributed by atoms with Crippen molar-refractivity contribution in [2.45, 2.75) is 37.8 Å². The third kappa shape index (κ3) is 6.97. The fraction of sp³-hybridized carbons (Fsp3) is 0.364. The SMILES string of the molecule is O=c1[nH]c(CN2CCOC(OCc3cc(C(F)(F)F)cc(C(F)(F)F)c3)[C@@H]2c2ccc(F)cc2)nn1P(=O)(O)O. The fourth-order valence-corrected chi connectivity index (χ4v) is 4.62. The van der Waals surface area contributed by atoms with Crippen LogP contribution >= 0.6 is 7.75 Å². The number of ether oxygens (including phenoxy) is 2. The molecule has 0 saturated carbocycles. The minimum absolute atomic E-state index is 0.0127. The average molecular weight is 600 g/mol. The molecule has 1 saturated heterocycles. The van der Waals surface area contributed by atoms with Crippen LogP contribution in [-0.4, -0.2) is 48.7 Å². The summed E-state index contributed by atoms with van der Waals surface area (Å²) in [4.78, 5) is 34.2. The quantitative estimate of drug-likeness (QED) is 0.276. The van der Waals surface area contributed by atoms with Crippen LogP contribution in [0.2, 0.25) is 0 Å². The van der Waals surface area contributed by atoms with Crippen molar-refractivity contribution in [2.24, 2.45) is 0 Å². The molecule has 1 aromatic heterocycles. The van der Waals surface area contributed by atoms with Crippen LogP contribution in [0.5, 0.6) is 0 Å². The van der Waals surface area contributed by atoms with E-state index < -0.39 is 67.2 Å². The van der Waals surface area contributed by atoms with Gasteiger partial charge < -0.3 is 19.3 Å². The number of hydrogen-bond acceptors (Lipinski definition) is 6. The second-order valence-corrected chi connectivity index (χ2v) is 10.1. The number of rotatable bonds is 7. The number of aromatic amines is 1. The molecule has 10 nitrogen and oxygen atoms in total. The van der Waals surface area contributed by atoms with Crippen molar-refractivity contribution in [3.63, 3.8) is 0 Å². The Bertz CT molecular complexity index is 1420. The lowest BCUT2D eigenvalue weighted by Crippen LogP contribution is -2.46. The second-order valence-electron chi connectivity index (χ2n) is 8.71. The first-order chi connectivity index (χ1) is 18.5. The average Bonchev–Trinajstić information content (AvgIpc) is 3.23. The number of H-pyrrole nitrogens is 1. The Morgan fingerprint density at radius 2 is 1.65 bits per heavy atom. The Labute approximate surface area is 220 Å². The predicted molar refractivity (Wildman–Crippen MR) is 121 cm³/mol. The van der Waals surface area contributed by atoms with Gasteiger partial charge in [0.1, 0.15) is 11.6 Å². The summed E-state index contributed by atoms with van der Waals surface area (Å²) < 4.78 is 116. The van der Waals surface area contributed by atoms with E-state index in [1.807, 2.05) is 0 Å². The molecular weight excluding hydrogens is 580 g/mol. The zero-order chi connectivity index (χ0) is 29.5. The molecule has 4 rings (SSSR count). The van der Waals surface area contributed by atoms with Gasteiger partial charge in [-0.05, 0) is 41.5 Å². The number of hydrogen-bond donors (Lipinski definition) is 3. The number of alkyl halides is 6. The lowest BCUT2D eigenvalue weighted by atomic mass is 10.0. The van der Waals surface area contributed by atoms with Gasteiger partial charge in [0.25, 0.3) is 0 Å². The molecular formula is C22H20F7N4O6P. The molecule has 0 bridgehead atoms. The molecule has 218 valence electrons. The molecule has 0 aliphatic carbocycles. The van der Waals surface area contributed by atoms with E-state index in [1.165, 1.54) is 12.1 Å². The third-order valence-electron chi connectivity index (χ3n) is 5.83. The third-order valence-corrected chi connectivity index (χ3v) is 6.60. The molecule has 18 heteroatoms. The molecule has 0 amide bonds. The van der Waals surface area contributed by atoms with Gasteiger partial charge >= 0.3 is 25.8 Å². The highest BCUT2D eigenvalue weighted by atomic mass is 31.2. The molecule has 40 heavy (non-hydrogen) atoms. The highest BCUT2D eigenvalue weighted by Gasteiger charge is 2.38. The lowest BCUT2D eigenvalue weighted by molar-refractivity contribution is -0.218. The minimum Gasteiger partial charge on any atom is -0.349 e. The number of nitrogens with zero attached hydrogens (tertiary/aromatic N) is 3. The van der Waals surface area contributed by atoms with Crippen molar-refractivity contribution in [3.8, 4) is 0 Å². The van der Waals surface area contributed by atoms with Crippen molar-refractivity contribution >= 4 is 7.75 Å². The summed E-state index contributed by atoms with van der Waals surface area (Å²) in [6, 6.07) is 4.97. The second kappa shape index (κ2) is 11.1. The first-order valence-electron chi connectivity index (χ1n) is 11.3. The van der Waals surface area contributed by atoms with Gasteiger partial charge in [-0.15, -0.1) is 9.55 Å². The van der Waals surface area contributed by atoms with Gasteiger partial charge in [0.15, 0.2) is 6.29 Å². The van der Waals surface area contributed by atoms with E-state index in [9.17, 15) is 49.9 Å². The van der Waals surface area contributed by atoms with Crippen LogP contribution < -0.4 is 5.69 Å². The summed E-state index contributed by atoms with van der Waals surface area (Å²) in [5, 5.41) is 3.59. The van der Waals surface area contributed by atoms with E-state index in [4.69, 9.17) is 9.47 Å². The molecule has 1 unspecified atom stereocenters. The molecule has 0 radical (unpaired) electrons. The van der Waals surface area contributed by atoms with E-state index in [-0.39, 0.29) is 36.0 Å². The van der Waals surface area contributed by atoms with Gasteiger partial charge in [-0.2, -0.15) is 26.3 Å². The number of benzene rings is 2. The monoisotopic (exact) mass is 600 g/mol. The summed E-state index contributed by atoms with van der Waals surface area (Å²) in [5.41, 5.74) is -4.31. The summed E-state index contributed by atoms with van der Waals surface area (Å²) in [7, 11) is -5.06. The molecule has 0 spiro atoms. The highest BCUT2D eigenvalue weighted by molar-refractivity contribution is 7.49. The Balaban J connectivity index is 1.64. The molecule has 2 aromatic carbocycles. The van der Waals surface area contributed by atoms with Crippen molar-refractivity contribution in [2.75, 3.05) is 13.2 Å². The molecule has 1 aliphatic heterocycles. The summed E-state index contributed by atoms with van der Waals surface area (Å²) in [5.74, 6) is -0.772. The number of morpholine rings is 1. The minimum atomic E-state index is -5.06. The maximum Gasteiger partial charge on any atom is 0.454 e. The molecule has 2 heterocycles. The smallest absolute Gasteiger partial charge is 0.349 e. The summed E-state index contributed by atoms with van der Waals surface area (Å²) >= 11 is 0. The Morgan fingerprint density at radius 3 is 2.17 bits per heavy atom. The van der Waals surface area contributed by atoms with Gasteiger partial charge in [-0.25, -0.2) is 13.8 Å². The first kappa shape index (κ1) is 29.9. The molecule has 3 N–H and O–H groups in total. The lowest BCUT2D eigenvalue weighted by Gasteiger charge is -2.40. The van der Waals surface area contributed by atoms with E-state index in [2.05, 4.69) is 10.1 Å². The first-order valence-corrected chi connectivity index (χ1v) is 12.8. The predicted octanol–water partition coefficient (Wildman–Crippen LogP) is 3.81. The number of aromatic nitrogens is 3. The van der Waals surface area contributed by atoms with E-state index in [0.717, 1.165) is 12.1 Å².